The number of hydrogen-bond acceptors (Lipinski definition) is 9. The smallest absolute Gasteiger partial charge is 0.338 e. The Morgan fingerprint density at radius 3 is 2.35 bits per heavy atom. The number of nitrogens with two attached hydrogens (primary N) is 1. The van der Waals surface area contributed by atoms with Gasteiger partial charge in [-0.1, -0.05) is 55.8 Å². The number of aryl methyl sites for hydroxylation is 1. The van der Waals surface area contributed by atoms with Crippen LogP contribution in [0, 0.1) is 6.92 Å². The molecule has 0 saturated heterocycles. The first-order valence-electron chi connectivity index (χ1n) is 13.8. The van der Waals surface area contributed by atoms with Crippen molar-refractivity contribution in [1.82, 2.24) is 14.9 Å². The largest absolute Gasteiger partial charge is 0.496 e. The molecule has 3 aromatic rings. The van der Waals surface area contributed by atoms with Gasteiger partial charge < -0.3 is 30.5 Å². The van der Waals surface area contributed by atoms with Crippen LogP contribution < -0.4 is 15.8 Å². The molecule has 1 unspecified atom stereocenters. The van der Waals surface area contributed by atoms with Crippen molar-refractivity contribution < 1.29 is 19.4 Å². The molecule has 4 N–H and O–H groups in total. The summed E-state index contributed by atoms with van der Waals surface area (Å²) in [6, 6.07) is 17.2. The monoisotopic (exact) mass is 551 g/mol. The Morgan fingerprint density at radius 2 is 1.77 bits per heavy atom. The van der Waals surface area contributed by atoms with Crippen molar-refractivity contribution in [3.63, 3.8) is 0 Å². The molecule has 1 atom stereocenters. The second-order valence-electron chi connectivity index (χ2n) is 9.81. The SMILES string of the molecule is CCCC(CO)Nc1nc(N)nc(C)c1Cc1ccc(C(=O)OCCCCN(C)C)cc1OC.c1ccccc1. The van der Waals surface area contributed by atoms with Crippen molar-refractivity contribution >= 4 is 17.7 Å². The van der Waals surface area contributed by atoms with Gasteiger partial charge in [-0.05, 0) is 64.5 Å². The van der Waals surface area contributed by atoms with E-state index in [4.69, 9.17) is 15.2 Å². The Balaban J connectivity index is 0.000000821. The van der Waals surface area contributed by atoms with Crippen LogP contribution in [0.1, 0.15) is 59.8 Å². The topological polar surface area (TPSA) is 123 Å². The molecule has 0 spiro atoms. The number of methoxy groups -OCH3 is 1. The lowest BCUT2D eigenvalue weighted by Crippen LogP contribution is -2.25. The minimum atomic E-state index is -0.366. The number of aromatic nitrogens is 2. The van der Waals surface area contributed by atoms with E-state index in [2.05, 4.69) is 27.1 Å². The van der Waals surface area contributed by atoms with Crippen LogP contribution in [0.3, 0.4) is 0 Å². The van der Waals surface area contributed by atoms with E-state index in [0.717, 1.165) is 49.0 Å². The molecule has 0 aliphatic rings. The third-order valence-electron chi connectivity index (χ3n) is 6.22. The van der Waals surface area contributed by atoms with E-state index in [9.17, 15) is 9.90 Å². The fourth-order valence-electron chi connectivity index (χ4n) is 4.07. The molecule has 3 rings (SSSR count). The van der Waals surface area contributed by atoms with Crippen molar-refractivity contribution in [3.05, 3.63) is 77.0 Å². The lowest BCUT2D eigenvalue weighted by Gasteiger charge is -2.20. The summed E-state index contributed by atoms with van der Waals surface area (Å²) in [6.07, 6.45) is 3.99. The van der Waals surface area contributed by atoms with Gasteiger partial charge in [0.1, 0.15) is 11.6 Å². The first-order chi connectivity index (χ1) is 19.3. The van der Waals surface area contributed by atoms with Gasteiger partial charge in [0.05, 0.1) is 31.9 Å². The van der Waals surface area contributed by atoms with Crippen molar-refractivity contribution in [2.24, 2.45) is 0 Å². The molecule has 0 radical (unpaired) electrons. The summed E-state index contributed by atoms with van der Waals surface area (Å²) in [5.74, 6) is 0.985. The van der Waals surface area contributed by atoms with Gasteiger partial charge in [-0.15, -0.1) is 0 Å². The summed E-state index contributed by atoms with van der Waals surface area (Å²) >= 11 is 0. The van der Waals surface area contributed by atoms with Crippen LogP contribution >= 0.6 is 0 Å². The molecule has 0 saturated carbocycles. The molecular formula is C31H45N5O4. The molecule has 0 bridgehead atoms. The molecule has 1 aromatic heterocycles. The number of aliphatic hydroxyl groups excluding tert-OH is 1. The molecule has 0 aliphatic carbocycles. The maximum atomic E-state index is 12.5. The van der Waals surface area contributed by atoms with E-state index >= 15 is 0 Å². The number of ether oxygens (including phenoxy) is 2. The number of esters is 1. The minimum absolute atomic E-state index is 0.00842. The summed E-state index contributed by atoms with van der Waals surface area (Å²) in [5, 5.41) is 13.0. The third kappa shape index (κ3) is 11.2. The number of unbranched alkanes of at least 4 members (excludes halogenated alkanes) is 1. The van der Waals surface area contributed by atoms with Gasteiger partial charge in [0.2, 0.25) is 5.95 Å². The fourth-order valence-corrected chi connectivity index (χ4v) is 4.07. The van der Waals surface area contributed by atoms with Crippen LogP contribution in [0.25, 0.3) is 0 Å². The molecule has 9 nitrogen and oxygen atoms in total. The normalized spacial score (nSPS) is 11.4. The average Bonchev–Trinajstić information content (AvgIpc) is 2.95. The molecule has 0 fully saturated rings. The molecule has 9 heteroatoms. The Labute approximate surface area is 238 Å². The van der Waals surface area contributed by atoms with E-state index < -0.39 is 0 Å². The molecule has 218 valence electrons. The minimum Gasteiger partial charge on any atom is -0.496 e. The van der Waals surface area contributed by atoms with Crippen LogP contribution in [-0.2, 0) is 11.2 Å². The number of nitrogen functional groups attached to an aromatic ring is 1. The highest BCUT2D eigenvalue weighted by atomic mass is 16.5. The number of aliphatic hydroxyl groups is 1. The zero-order valence-electron chi connectivity index (χ0n) is 24.5. The van der Waals surface area contributed by atoms with E-state index in [1.165, 1.54) is 0 Å². The Bertz CT molecular complexity index is 1130. The lowest BCUT2D eigenvalue weighted by atomic mass is 10.0. The van der Waals surface area contributed by atoms with Gasteiger partial charge >= 0.3 is 5.97 Å². The van der Waals surface area contributed by atoms with Gasteiger partial charge in [-0.2, -0.15) is 4.98 Å². The van der Waals surface area contributed by atoms with Crippen LogP contribution in [-0.4, -0.2) is 72.9 Å². The summed E-state index contributed by atoms with van der Waals surface area (Å²) in [7, 11) is 5.61. The van der Waals surface area contributed by atoms with Crippen molar-refractivity contribution in [2.75, 3.05) is 52.0 Å². The maximum Gasteiger partial charge on any atom is 0.338 e. The number of benzene rings is 2. The van der Waals surface area contributed by atoms with E-state index in [1.807, 2.05) is 63.5 Å². The van der Waals surface area contributed by atoms with Gasteiger partial charge in [0.15, 0.2) is 0 Å². The summed E-state index contributed by atoms with van der Waals surface area (Å²) in [5.41, 5.74) is 8.81. The second-order valence-corrected chi connectivity index (χ2v) is 9.81. The Hall–Kier alpha value is -3.69. The third-order valence-corrected chi connectivity index (χ3v) is 6.22. The average molecular weight is 552 g/mol. The van der Waals surface area contributed by atoms with Crippen molar-refractivity contribution in [1.29, 1.82) is 0 Å². The molecular weight excluding hydrogens is 506 g/mol. The van der Waals surface area contributed by atoms with Gasteiger partial charge in [0.25, 0.3) is 0 Å². The highest BCUT2D eigenvalue weighted by molar-refractivity contribution is 5.90. The number of hydrogen-bond donors (Lipinski definition) is 3. The Morgan fingerprint density at radius 1 is 1.10 bits per heavy atom. The van der Waals surface area contributed by atoms with Gasteiger partial charge in [0, 0.05) is 17.7 Å². The zero-order chi connectivity index (χ0) is 29.3. The number of nitrogens with one attached hydrogen (secondary N) is 1. The highest BCUT2D eigenvalue weighted by Gasteiger charge is 2.18. The van der Waals surface area contributed by atoms with E-state index in [-0.39, 0.29) is 24.6 Å². The molecule has 0 aliphatic heterocycles. The maximum absolute atomic E-state index is 12.5. The van der Waals surface area contributed by atoms with Crippen molar-refractivity contribution in [2.45, 2.75) is 52.0 Å². The van der Waals surface area contributed by atoms with Crippen LogP contribution in [0.2, 0.25) is 0 Å². The molecule has 1 heterocycles. The first-order valence-corrected chi connectivity index (χ1v) is 13.8. The standard InChI is InChI=1S/C25H39N5O4.C6H6/c1-6-9-20(16-31)28-23-21(17(2)27-25(26)29-23)14-18-10-11-19(15-22(18)33-5)24(32)34-13-8-7-12-30(3)4;1-2-4-6-5-3-1/h10-11,15,20,31H,6-9,12-14,16H2,1-5H3,(H3,26,27,28,29);1-6H. The highest BCUT2D eigenvalue weighted by Crippen LogP contribution is 2.28. The quantitative estimate of drug-likeness (QED) is 0.193. The van der Waals surface area contributed by atoms with E-state index in [1.54, 1.807) is 19.2 Å². The summed E-state index contributed by atoms with van der Waals surface area (Å²) in [4.78, 5) is 23.3. The molecule has 40 heavy (non-hydrogen) atoms. The fraction of sp³-hybridized carbons (Fsp3) is 0.452. The van der Waals surface area contributed by atoms with Crippen molar-refractivity contribution in [3.8, 4) is 5.75 Å². The van der Waals surface area contributed by atoms with Gasteiger partial charge in [-0.3, -0.25) is 0 Å². The Kier molecular flexibility index (Phi) is 14.5. The summed E-state index contributed by atoms with van der Waals surface area (Å²) < 4.78 is 11.0. The zero-order valence-corrected chi connectivity index (χ0v) is 24.5. The second kappa shape index (κ2) is 17.8. The predicted molar refractivity (Wildman–Crippen MR) is 161 cm³/mol. The molecule has 0 amide bonds. The summed E-state index contributed by atoms with van der Waals surface area (Å²) in [6.45, 7) is 5.28. The first kappa shape index (κ1) is 32.5. The molecule has 2 aromatic carbocycles. The number of carbonyl (C=O) groups is 1. The van der Waals surface area contributed by atoms with Crippen LogP contribution in [0.4, 0.5) is 11.8 Å². The van der Waals surface area contributed by atoms with E-state index in [0.29, 0.717) is 30.2 Å². The number of rotatable bonds is 14. The van der Waals surface area contributed by atoms with Gasteiger partial charge in [-0.25, -0.2) is 9.78 Å². The van der Waals surface area contributed by atoms with Crippen LogP contribution in [0.15, 0.2) is 54.6 Å². The lowest BCUT2D eigenvalue weighted by molar-refractivity contribution is 0.0496. The number of anilines is 2. The number of nitrogens with zero attached hydrogens (tertiary/aromatic N) is 3. The number of carbonyl (C=O) groups excluding carboxylic acids is 1. The predicted octanol–water partition coefficient (Wildman–Crippen LogP) is 4.72. The van der Waals surface area contributed by atoms with Crippen LogP contribution in [0.5, 0.6) is 5.75 Å².